The van der Waals surface area contributed by atoms with Crippen LogP contribution < -0.4 is 0 Å². The summed E-state index contributed by atoms with van der Waals surface area (Å²) in [7, 11) is 0. The van der Waals surface area contributed by atoms with Gasteiger partial charge in [0.2, 0.25) is 0 Å². The molecule has 0 bridgehead atoms. The van der Waals surface area contributed by atoms with E-state index in [4.69, 9.17) is 4.74 Å². The summed E-state index contributed by atoms with van der Waals surface area (Å²) in [5.41, 5.74) is -0.270. The topological polar surface area (TPSA) is 26.3 Å². The van der Waals surface area contributed by atoms with Gasteiger partial charge in [-0.2, -0.15) is 0 Å². The molecule has 1 aliphatic carbocycles. The van der Waals surface area contributed by atoms with Crippen LogP contribution in [0.1, 0.15) is 20.3 Å². The van der Waals surface area contributed by atoms with E-state index in [-0.39, 0.29) is 16.8 Å². The highest BCUT2D eigenvalue weighted by molar-refractivity contribution is 5.87. The zero-order valence-electron chi connectivity index (χ0n) is 6.23. The lowest BCUT2D eigenvalue weighted by Gasteiger charge is -2.02. The summed E-state index contributed by atoms with van der Waals surface area (Å²) in [4.78, 5) is 11.1. The third-order valence-corrected chi connectivity index (χ3v) is 3.08. The Morgan fingerprint density at radius 1 is 1.50 bits per heavy atom. The number of cyclic esters (lactones) is 1. The first-order valence-electron chi connectivity index (χ1n) is 3.42. The van der Waals surface area contributed by atoms with Gasteiger partial charge < -0.3 is 4.74 Å². The van der Waals surface area contributed by atoms with Crippen molar-refractivity contribution in [1.82, 2.24) is 0 Å². The fourth-order valence-corrected chi connectivity index (χ4v) is 1.70. The van der Waals surface area contributed by atoms with E-state index in [1.807, 2.05) is 13.8 Å². The van der Waals surface area contributed by atoms with Gasteiger partial charge in [-0.15, -0.1) is 0 Å². The zero-order chi connectivity index (χ0) is 7.57. The molecule has 2 nitrogen and oxygen atoms in total. The highest BCUT2D eigenvalue weighted by atomic mass is 16.6. The molecular weight excluding hydrogens is 128 g/mol. The molecule has 2 unspecified atom stereocenters. The maximum atomic E-state index is 11.1. The predicted molar refractivity (Wildman–Crippen MR) is 36.1 cm³/mol. The van der Waals surface area contributed by atoms with Gasteiger partial charge in [0.25, 0.3) is 0 Å². The molecule has 0 aromatic heterocycles. The fourth-order valence-electron chi connectivity index (χ4n) is 1.70. The molecule has 2 atom stereocenters. The van der Waals surface area contributed by atoms with Crippen molar-refractivity contribution < 1.29 is 9.53 Å². The van der Waals surface area contributed by atoms with Crippen LogP contribution in [-0.2, 0) is 9.53 Å². The predicted octanol–water partition coefficient (Wildman–Crippen LogP) is 1.47. The molecule has 0 radical (unpaired) electrons. The van der Waals surface area contributed by atoms with E-state index in [9.17, 15) is 4.79 Å². The normalized spacial score (nSPS) is 50.6. The molecule has 2 heteroatoms. The van der Waals surface area contributed by atoms with E-state index in [0.717, 1.165) is 6.42 Å². The van der Waals surface area contributed by atoms with Crippen molar-refractivity contribution in [2.75, 3.05) is 0 Å². The molecule has 2 aliphatic rings. The van der Waals surface area contributed by atoms with Crippen LogP contribution in [0, 0.1) is 10.8 Å². The Bertz CT molecular complexity index is 220. The van der Waals surface area contributed by atoms with Crippen molar-refractivity contribution in [1.29, 1.82) is 0 Å². The Morgan fingerprint density at radius 2 is 2.10 bits per heavy atom. The summed E-state index contributed by atoms with van der Waals surface area (Å²) < 4.78 is 4.90. The van der Waals surface area contributed by atoms with Crippen molar-refractivity contribution in [3.05, 3.63) is 12.3 Å². The third-order valence-electron chi connectivity index (χ3n) is 3.08. The molecule has 0 aromatic rings. The molecule has 0 amide bonds. The van der Waals surface area contributed by atoms with Crippen molar-refractivity contribution in [2.24, 2.45) is 10.8 Å². The summed E-state index contributed by atoms with van der Waals surface area (Å²) in [6.45, 7) is 7.67. The average Bonchev–Trinajstić information content (AvgIpc) is 2.33. The number of hydrogen-bond acceptors (Lipinski definition) is 2. The first-order valence-corrected chi connectivity index (χ1v) is 3.42. The monoisotopic (exact) mass is 138 g/mol. The minimum atomic E-state index is -0.232. The van der Waals surface area contributed by atoms with Gasteiger partial charge in [0.05, 0.1) is 5.41 Å². The minimum absolute atomic E-state index is 0.0376. The Balaban J connectivity index is 2.47. The van der Waals surface area contributed by atoms with Gasteiger partial charge in [-0.1, -0.05) is 13.5 Å². The van der Waals surface area contributed by atoms with Crippen molar-refractivity contribution in [3.63, 3.8) is 0 Å². The Morgan fingerprint density at radius 3 is 2.20 bits per heavy atom. The van der Waals surface area contributed by atoms with E-state index in [0.29, 0.717) is 5.76 Å². The standard InChI is InChI=1S/C8H10O2/c1-5-7(2)4-8(7,3)6(9)10-5/h1,4H2,2-3H3. The smallest absolute Gasteiger partial charge is 0.317 e. The summed E-state index contributed by atoms with van der Waals surface area (Å²) in [6, 6.07) is 0. The van der Waals surface area contributed by atoms with Gasteiger partial charge >= 0.3 is 5.97 Å². The van der Waals surface area contributed by atoms with Gasteiger partial charge in [0.15, 0.2) is 0 Å². The lowest BCUT2D eigenvalue weighted by atomic mass is 9.98. The lowest BCUT2D eigenvalue weighted by Crippen LogP contribution is -2.09. The molecule has 54 valence electrons. The second-order valence-electron chi connectivity index (χ2n) is 3.65. The van der Waals surface area contributed by atoms with E-state index >= 15 is 0 Å². The van der Waals surface area contributed by atoms with Crippen LogP contribution in [-0.4, -0.2) is 5.97 Å². The van der Waals surface area contributed by atoms with Gasteiger partial charge in [0.1, 0.15) is 5.76 Å². The molecule has 1 saturated heterocycles. The van der Waals surface area contributed by atoms with Crippen LogP contribution in [0.15, 0.2) is 12.3 Å². The number of ether oxygens (including phenoxy) is 1. The van der Waals surface area contributed by atoms with Crippen LogP contribution in [0.5, 0.6) is 0 Å². The second kappa shape index (κ2) is 1.16. The number of esters is 1. The number of rotatable bonds is 0. The average molecular weight is 138 g/mol. The van der Waals surface area contributed by atoms with Gasteiger partial charge in [0, 0.05) is 5.41 Å². The van der Waals surface area contributed by atoms with Crippen LogP contribution in [0.4, 0.5) is 0 Å². The summed E-state index contributed by atoms with van der Waals surface area (Å²) >= 11 is 0. The minimum Gasteiger partial charge on any atom is -0.431 e. The van der Waals surface area contributed by atoms with Crippen LogP contribution in [0.2, 0.25) is 0 Å². The highest BCUT2D eigenvalue weighted by Gasteiger charge is 2.74. The molecule has 0 N–H and O–H groups in total. The number of carbonyl (C=O) groups is 1. The maximum absolute atomic E-state index is 11.1. The van der Waals surface area contributed by atoms with E-state index < -0.39 is 0 Å². The number of carbonyl (C=O) groups excluding carboxylic acids is 1. The molecule has 1 heterocycles. The third kappa shape index (κ3) is 0.349. The zero-order valence-corrected chi connectivity index (χ0v) is 6.23. The first-order chi connectivity index (χ1) is 4.51. The molecule has 2 fully saturated rings. The molecule has 2 rings (SSSR count). The molecule has 10 heavy (non-hydrogen) atoms. The van der Waals surface area contributed by atoms with Gasteiger partial charge in [-0.3, -0.25) is 4.79 Å². The molecular formula is C8H10O2. The van der Waals surface area contributed by atoms with Gasteiger partial charge in [-0.05, 0) is 13.3 Å². The largest absolute Gasteiger partial charge is 0.431 e. The number of fused-ring (bicyclic) bond motifs is 1. The van der Waals surface area contributed by atoms with E-state index in [1.54, 1.807) is 0 Å². The fraction of sp³-hybridized carbons (Fsp3) is 0.625. The van der Waals surface area contributed by atoms with Gasteiger partial charge in [-0.25, -0.2) is 0 Å². The van der Waals surface area contributed by atoms with Crippen molar-refractivity contribution in [2.45, 2.75) is 20.3 Å². The first kappa shape index (κ1) is 5.96. The summed E-state index contributed by atoms with van der Waals surface area (Å²) in [5.74, 6) is 0.556. The van der Waals surface area contributed by atoms with Crippen LogP contribution in [0.25, 0.3) is 0 Å². The number of allylic oxidation sites excluding steroid dienone is 1. The summed E-state index contributed by atoms with van der Waals surface area (Å²) in [5, 5.41) is 0. The highest BCUT2D eigenvalue weighted by Crippen LogP contribution is 2.71. The Hall–Kier alpha value is -0.790. The van der Waals surface area contributed by atoms with E-state index in [1.165, 1.54) is 0 Å². The number of hydrogen-bond donors (Lipinski definition) is 0. The van der Waals surface area contributed by atoms with E-state index in [2.05, 4.69) is 6.58 Å². The Labute approximate surface area is 59.9 Å². The van der Waals surface area contributed by atoms with Crippen LogP contribution in [0.3, 0.4) is 0 Å². The molecule has 1 aliphatic heterocycles. The Kier molecular flexibility index (Phi) is 0.689. The SMILES string of the molecule is C=C1OC(=O)C2(C)CC12C. The second-order valence-corrected chi connectivity index (χ2v) is 3.65. The maximum Gasteiger partial charge on any atom is 0.317 e. The van der Waals surface area contributed by atoms with Crippen LogP contribution >= 0.6 is 0 Å². The molecule has 0 aromatic carbocycles. The molecule has 0 spiro atoms. The summed E-state index contributed by atoms with van der Waals surface area (Å²) in [6.07, 6.45) is 0.914. The quantitative estimate of drug-likeness (QED) is 0.474. The van der Waals surface area contributed by atoms with Crippen molar-refractivity contribution in [3.8, 4) is 0 Å². The lowest BCUT2D eigenvalue weighted by molar-refractivity contribution is -0.141. The van der Waals surface area contributed by atoms with Crippen molar-refractivity contribution >= 4 is 5.97 Å². The molecule has 1 saturated carbocycles.